The molecule has 0 aromatic carbocycles. The number of unbranched alkanes of at least 4 members (excludes halogenated alkanes) is 1. The van der Waals surface area contributed by atoms with Crippen molar-refractivity contribution in [1.29, 1.82) is 0 Å². The van der Waals surface area contributed by atoms with E-state index in [2.05, 4.69) is 65.5 Å². The molecule has 0 heterocycles. The molecule has 0 saturated heterocycles. The van der Waals surface area contributed by atoms with Gasteiger partial charge in [-0.25, -0.2) is 4.79 Å². The van der Waals surface area contributed by atoms with Crippen molar-refractivity contribution >= 4 is 39.7 Å². The van der Waals surface area contributed by atoms with Gasteiger partial charge in [-0.2, -0.15) is 0 Å². The third kappa shape index (κ3) is 13.8. The molecule has 0 saturated carbocycles. The van der Waals surface area contributed by atoms with E-state index in [1.54, 1.807) is 0 Å². The smallest absolute Gasteiger partial charge is 0.463 e. The first-order valence-corrected chi connectivity index (χ1v) is 21.1. The van der Waals surface area contributed by atoms with E-state index in [9.17, 15) is 4.79 Å². The zero-order valence-corrected chi connectivity index (χ0v) is 21.7. The summed E-state index contributed by atoms with van der Waals surface area (Å²) in [5.41, 5.74) is 0. The van der Waals surface area contributed by atoms with Crippen molar-refractivity contribution in [1.82, 2.24) is 0 Å². The number of carbonyl (C=O) groups excluding carboxylic acids is 1. The Morgan fingerprint density at radius 1 is 0.800 bits per heavy atom. The van der Waals surface area contributed by atoms with Crippen LogP contribution >= 0.6 is 0 Å². The minimum atomic E-state index is -2.76. The van der Waals surface area contributed by atoms with Gasteiger partial charge in [-0.1, -0.05) is 6.58 Å². The van der Waals surface area contributed by atoms with E-state index in [4.69, 9.17) is 17.1 Å². The van der Waals surface area contributed by atoms with Gasteiger partial charge in [-0.15, -0.1) is 0 Å². The summed E-state index contributed by atoms with van der Waals surface area (Å²) in [5.74, 6) is -0.376. The maximum atomic E-state index is 11.1. The van der Waals surface area contributed by atoms with Crippen molar-refractivity contribution < 1.29 is 21.9 Å². The lowest BCUT2D eigenvalue weighted by molar-refractivity contribution is -0.137. The van der Waals surface area contributed by atoms with Gasteiger partial charge >= 0.3 is 14.8 Å². The molecule has 0 N–H and O–H groups in total. The van der Waals surface area contributed by atoms with Crippen molar-refractivity contribution in [2.75, 3.05) is 6.61 Å². The summed E-state index contributed by atoms with van der Waals surface area (Å²) in [7, 11) is -8.24. The van der Waals surface area contributed by atoms with Gasteiger partial charge in [0.05, 0.1) is 6.61 Å². The Morgan fingerprint density at radius 2 is 1.20 bits per heavy atom. The highest BCUT2D eigenvalue weighted by molar-refractivity contribution is 6.90. The highest BCUT2D eigenvalue weighted by Crippen LogP contribution is 2.30. The fourth-order valence-corrected chi connectivity index (χ4v) is 17.0. The van der Waals surface area contributed by atoms with Crippen LogP contribution in [0.1, 0.15) is 12.8 Å². The van der Waals surface area contributed by atoms with E-state index in [0.717, 1.165) is 18.9 Å². The van der Waals surface area contributed by atoms with Crippen LogP contribution in [-0.4, -0.2) is 46.3 Å². The number of esters is 1. The van der Waals surface area contributed by atoms with Crippen molar-refractivity contribution in [3.63, 3.8) is 0 Å². The average Bonchev–Trinajstić information content (AvgIpc) is 2.31. The lowest BCUT2D eigenvalue weighted by Gasteiger charge is -2.43. The fourth-order valence-electron chi connectivity index (χ4n) is 2.29. The molecule has 0 atom stereocenters. The maximum absolute atomic E-state index is 11.1. The normalized spacial score (nSPS) is 13.6. The minimum absolute atomic E-state index is 0.376. The Labute approximate surface area is 158 Å². The summed E-state index contributed by atoms with van der Waals surface area (Å²) in [6.45, 7) is 23.4. The topological polar surface area (TPSA) is 54.0 Å². The SMILES string of the molecule is C=CC(=O)OCCCC[Si](O[Si](C)(C)C)(O[Si](C)(C)C)O[Si](C)(C)C. The van der Waals surface area contributed by atoms with Gasteiger partial charge in [0.25, 0.3) is 0 Å². The van der Waals surface area contributed by atoms with Crippen LogP contribution in [0.2, 0.25) is 65.0 Å². The van der Waals surface area contributed by atoms with E-state index in [0.29, 0.717) is 6.61 Å². The van der Waals surface area contributed by atoms with Gasteiger partial charge in [0, 0.05) is 12.1 Å². The molecular weight excluding hydrogens is 385 g/mol. The first-order chi connectivity index (χ1) is 11.1. The van der Waals surface area contributed by atoms with Crippen LogP contribution in [0, 0.1) is 0 Å². The van der Waals surface area contributed by atoms with Crippen LogP contribution in [0.25, 0.3) is 0 Å². The number of rotatable bonds is 12. The number of ether oxygens (including phenoxy) is 1. The predicted molar refractivity (Wildman–Crippen MR) is 114 cm³/mol. The average molecular weight is 423 g/mol. The predicted octanol–water partition coefficient (Wildman–Crippen LogP) is 4.99. The largest absolute Gasteiger partial charge is 0.469 e. The van der Waals surface area contributed by atoms with Gasteiger partial charge < -0.3 is 17.1 Å². The molecule has 148 valence electrons. The lowest BCUT2D eigenvalue weighted by atomic mass is 10.4. The molecule has 0 aliphatic heterocycles. The summed E-state index contributed by atoms with van der Waals surface area (Å²) >= 11 is 0. The Hall–Kier alpha value is -0.0425. The molecule has 0 aliphatic rings. The molecule has 9 heteroatoms. The minimum Gasteiger partial charge on any atom is -0.463 e. The van der Waals surface area contributed by atoms with Gasteiger partial charge in [0.15, 0.2) is 25.0 Å². The monoisotopic (exact) mass is 422 g/mol. The summed E-state index contributed by atoms with van der Waals surface area (Å²) in [5, 5.41) is 0. The van der Waals surface area contributed by atoms with Crippen LogP contribution in [0.15, 0.2) is 12.7 Å². The second-order valence-corrected chi connectivity index (χ2v) is 26.1. The molecule has 0 aromatic heterocycles. The Kier molecular flexibility index (Phi) is 9.75. The van der Waals surface area contributed by atoms with Crippen LogP contribution in [0.3, 0.4) is 0 Å². The van der Waals surface area contributed by atoms with E-state index < -0.39 is 33.8 Å². The highest BCUT2D eigenvalue weighted by Gasteiger charge is 2.49. The lowest BCUT2D eigenvalue weighted by Crippen LogP contribution is -2.60. The van der Waals surface area contributed by atoms with Crippen LogP contribution in [-0.2, 0) is 21.9 Å². The number of hydrogen-bond donors (Lipinski definition) is 0. The molecule has 0 bridgehead atoms. The Balaban J connectivity index is 5.16. The second kappa shape index (κ2) is 9.77. The van der Waals surface area contributed by atoms with Gasteiger partial charge in [-0.05, 0) is 71.8 Å². The molecule has 0 radical (unpaired) electrons. The maximum Gasteiger partial charge on any atom is 0.469 e. The molecule has 0 unspecified atom stereocenters. The fraction of sp³-hybridized carbons (Fsp3) is 0.812. The first-order valence-electron chi connectivity index (χ1n) is 8.97. The molecule has 0 aliphatic carbocycles. The second-order valence-electron chi connectivity index (χ2n) is 9.16. The summed E-state index contributed by atoms with van der Waals surface area (Å²) in [6, 6.07) is 0.775. The molecule has 0 fully saturated rings. The summed E-state index contributed by atoms with van der Waals surface area (Å²) < 4.78 is 24.9. The zero-order chi connectivity index (χ0) is 19.9. The Bertz CT molecular complexity index is 394. The van der Waals surface area contributed by atoms with Gasteiger partial charge in [-0.3, -0.25) is 0 Å². The zero-order valence-electron chi connectivity index (χ0n) is 17.7. The van der Waals surface area contributed by atoms with Gasteiger partial charge in [0.1, 0.15) is 0 Å². The van der Waals surface area contributed by atoms with Crippen molar-refractivity contribution in [3.05, 3.63) is 12.7 Å². The van der Waals surface area contributed by atoms with Crippen molar-refractivity contribution in [2.24, 2.45) is 0 Å². The van der Waals surface area contributed by atoms with Crippen LogP contribution in [0.4, 0.5) is 0 Å². The van der Waals surface area contributed by atoms with Crippen LogP contribution in [0.5, 0.6) is 0 Å². The van der Waals surface area contributed by atoms with E-state index in [1.165, 1.54) is 6.08 Å². The third-order valence-corrected chi connectivity index (χ3v) is 14.7. The van der Waals surface area contributed by atoms with E-state index >= 15 is 0 Å². The molecule has 0 aromatic rings. The molecular formula is C16H38O5Si4. The highest BCUT2D eigenvalue weighted by atomic mass is 28.5. The van der Waals surface area contributed by atoms with Crippen LogP contribution < -0.4 is 0 Å². The molecule has 5 nitrogen and oxygen atoms in total. The summed E-state index contributed by atoms with van der Waals surface area (Å²) in [6.07, 6.45) is 2.82. The molecule has 0 amide bonds. The third-order valence-electron chi connectivity index (χ3n) is 2.67. The number of hydrogen-bond acceptors (Lipinski definition) is 5. The molecule has 0 spiro atoms. The standard InChI is InChI=1S/C16H38O5Si4/c1-11-16(17)18-14-12-13-15-25(19-22(2,3)4,20-23(5,6)7)21-24(8,9)10/h11H,1,12-15H2,2-10H3. The van der Waals surface area contributed by atoms with Gasteiger partial charge in [0.2, 0.25) is 0 Å². The number of carbonyl (C=O) groups is 1. The van der Waals surface area contributed by atoms with Crippen molar-refractivity contribution in [3.8, 4) is 0 Å². The Morgan fingerprint density at radius 3 is 1.52 bits per heavy atom. The molecule has 25 heavy (non-hydrogen) atoms. The summed E-state index contributed by atoms with van der Waals surface area (Å²) in [4.78, 5) is 11.1. The first kappa shape index (κ1) is 25.0. The quantitative estimate of drug-likeness (QED) is 0.192. The van der Waals surface area contributed by atoms with E-state index in [-0.39, 0.29) is 5.97 Å². The van der Waals surface area contributed by atoms with E-state index in [1.807, 2.05) is 0 Å². The molecule has 0 rings (SSSR count). The van der Waals surface area contributed by atoms with Crippen molar-refractivity contribution in [2.45, 2.75) is 77.8 Å².